The summed E-state index contributed by atoms with van der Waals surface area (Å²) in [5.74, 6) is -5.73. The molecule has 2 rings (SSSR count). The van der Waals surface area contributed by atoms with Crippen molar-refractivity contribution < 1.29 is 33.5 Å². The molecular weight excluding hydrogens is 301 g/mol. The zero-order valence-corrected chi connectivity index (χ0v) is 11.5. The summed E-state index contributed by atoms with van der Waals surface area (Å²) in [5, 5.41) is 20.4. The maximum absolute atomic E-state index is 13.7. The summed E-state index contributed by atoms with van der Waals surface area (Å²) in [7, 11) is 0. The molecule has 0 amide bonds. The van der Waals surface area contributed by atoms with Crippen molar-refractivity contribution in [3.05, 3.63) is 39.2 Å². The van der Waals surface area contributed by atoms with Crippen molar-refractivity contribution in [2.24, 2.45) is 0 Å². The van der Waals surface area contributed by atoms with E-state index in [9.17, 15) is 29.2 Å². The number of nitro groups is 1. The van der Waals surface area contributed by atoms with Crippen molar-refractivity contribution in [3.8, 4) is 5.75 Å². The molecule has 1 saturated heterocycles. The van der Waals surface area contributed by atoms with Gasteiger partial charge in [0, 0.05) is 19.9 Å². The molecule has 0 radical (unpaired) electrons. The highest BCUT2D eigenvalue weighted by Gasteiger charge is 2.39. The van der Waals surface area contributed by atoms with E-state index in [1.54, 1.807) is 0 Å². The molecule has 1 aliphatic rings. The Morgan fingerprint density at radius 3 is 2.32 bits per heavy atom. The minimum Gasteiger partial charge on any atom is -0.502 e. The number of phenolic OH excluding ortho intramolecular Hbond substituents is 1. The lowest BCUT2D eigenvalue weighted by atomic mass is 10.1. The lowest BCUT2D eigenvalue weighted by molar-refractivity contribution is -0.385. The molecule has 8 nitrogen and oxygen atoms in total. The number of phenols is 1. The number of ether oxygens (including phenoxy) is 2. The van der Waals surface area contributed by atoms with Crippen LogP contribution in [0.15, 0.2) is 17.7 Å². The number of rotatable bonds is 2. The lowest BCUT2D eigenvalue weighted by Gasteiger charge is -2.29. The van der Waals surface area contributed by atoms with Crippen molar-refractivity contribution in [1.29, 1.82) is 0 Å². The number of esters is 2. The van der Waals surface area contributed by atoms with Gasteiger partial charge in [-0.15, -0.1) is 0 Å². The topological polar surface area (TPSA) is 116 Å². The zero-order chi connectivity index (χ0) is 16.7. The predicted molar refractivity (Wildman–Crippen MR) is 69.0 cm³/mol. The molecule has 1 N–H and O–H groups in total. The van der Waals surface area contributed by atoms with Gasteiger partial charge in [-0.2, -0.15) is 0 Å². The summed E-state index contributed by atoms with van der Waals surface area (Å²) < 4.78 is 23.3. The van der Waals surface area contributed by atoms with E-state index in [1.165, 1.54) is 13.8 Å². The number of hydrogen-bond donors (Lipinski definition) is 1. The van der Waals surface area contributed by atoms with Gasteiger partial charge in [0.1, 0.15) is 11.4 Å². The normalized spacial score (nSPS) is 16.8. The largest absolute Gasteiger partial charge is 0.502 e. The van der Waals surface area contributed by atoms with Crippen molar-refractivity contribution in [2.45, 2.75) is 19.6 Å². The summed E-state index contributed by atoms with van der Waals surface area (Å²) in [6.07, 6.45) is 0.650. The van der Waals surface area contributed by atoms with Crippen molar-refractivity contribution >= 4 is 23.7 Å². The number of hydrogen-bond acceptors (Lipinski definition) is 7. The maximum Gasteiger partial charge on any atom is 0.348 e. The highest BCUT2D eigenvalue weighted by Crippen LogP contribution is 2.34. The van der Waals surface area contributed by atoms with Crippen LogP contribution in [0.5, 0.6) is 5.75 Å². The van der Waals surface area contributed by atoms with Gasteiger partial charge in [0.05, 0.1) is 10.5 Å². The van der Waals surface area contributed by atoms with Gasteiger partial charge in [-0.3, -0.25) is 10.1 Å². The molecule has 0 spiro atoms. The number of aromatic hydroxyl groups is 1. The van der Waals surface area contributed by atoms with E-state index < -0.39 is 51.0 Å². The Morgan fingerprint density at radius 2 is 1.82 bits per heavy atom. The molecule has 0 bridgehead atoms. The molecule has 0 atom stereocenters. The summed E-state index contributed by atoms with van der Waals surface area (Å²) in [5.41, 5.74) is -2.14. The second-order valence-corrected chi connectivity index (χ2v) is 4.82. The van der Waals surface area contributed by atoms with E-state index in [0.717, 1.165) is 12.1 Å². The van der Waals surface area contributed by atoms with Gasteiger partial charge in [-0.05, 0) is 12.1 Å². The number of nitrogens with zero attached hydrogens (tertiary/aromatic N) is 1. The summed E-state index contributed by atoms with van der Waals surface area (Å²) in [6.45, 7) is 2.65. The molecule has 0 aromatic heterocycles. The first-order valence-corrected chi connectivity index (χ1v) is 5.96. The minimum atomic E-state index is -1.48. The third kappa shape index (κ3) is 2.73. The average Bonchev–Trinajstić information content (AvgIpc) is 2.35. The summed E-state index contributed by atoms with van der Waals surface area (Å²) in [6, 6.07) is 1.49. The van der Waals surface area contributed by atoms with E-state index >= 15 is 0 Å². The minimum absolute atomic E-state index is 0.650. The van der Waals surface area contributed by atoms with Crippen molar-refractivity contribution in [1.82, 2.24) is 0 Å². The monoisotopic (exact) mass is 311 g/mol. The molecule has 0 unspecified atom stereocenters. The van der Waals surface area contributed by atoms with E-state index in [4.69, 9.17) is 9.47 Å². The first-order chi connectivity index (χ1) is 10.1. The van der Waals surface area contributed by atoms with Crippen LogP contribution in [0.25, 0.3) is 6.08 Å². The fourth-order valence-corrected chi connectivity index (χ4v) is 1.78. The summed E-state index contributed by atoms with van der Waals surface area (Å²) in [4.78, 5) is 33.3. The van der Waals surface area contributed by atoms with Crippen LogP contribution >= 0.6 is 0 Å². The molecule has 22 heavy (non-hydrogen) atoms. The van der Waals surface area contributed by atoms with Crippen LogP contribution in [-0.2, 0) is 19.1 Å². The molecule has 1 fully saturated rings. The molecular formula is C13H10FNO7. The second-order valence-electron chi connectivity index (χ2n) is 4.82. The van der Waals surface area contributed by atoms with Crippen molar-refractivity contribution in [3.63, 3.8) is 0 Å². The molecule has 9 heteroatoms. The van der Waals surface area contributed by atoms with Crippen LogP contribution in [0.4, 0.5) is 10.1 Å². The molecule has 1 aromatic rings. The molecule has 1 heterocycles. The van der Waals surface area contributed by atoms with Gasteiger partial charge < -0.3 is 14.6 Å². The lowest BCUT2D eigenvalue weighted by Crippen LogP contribution is -2.41. The van der Waals surface area contributed by atoms with Gasteiger partial charge in [0.2, 0.25) is 5.75 Å². The molecule has 1 aliphatic heterocycles. The average molecular weight is 311 g/mol. The number of cyclic esters (lactones) is 2. The quantitative estimate of drug-likeness (QED) is 0.290. The Balaban J connectivity index is 2.54. The first-order valence-electron chi connectivity index (χ1n) is 5.96. The van der Waals surface area contributed by atoms with Gasteiger partial charge >= 0.3 is 17.6 Å². The Labute approximate surface area is 122 Å². The van der Waals surface area contributed by atoms with Crippen molar-refractivity contribution in [2.75, 3.05) is 0 Å². The van der Waals surface area contributed by atoms with Crippen LogP contribution in [0.1, 0.15) is 19.4 Å². The number of nitro benzene ring substituents is 1. The van der Waals surface area contributed by atoms with Crippen LogP contribution in [0.2, 0.25) is 0 Å². The van der Waals surface area contributed by atoms with Gasteiger partial charge in [-0.1, -0.05) is 0 Å². The molecule has 1 aromatic carbocycles. The number of benzene rings is 1. The number of carbonyl (C=O) groups is 2. The SMILES string of the molecule is CC1(C)OC(=O)C(=Cc2c(F)ccc([N+](=O)[O-])c2O)C(=O)O1. The van der Waals surface area contributed by atoms with E-state index in [1.807, 2.05) is 0 Å². The van der Waals surface area contributed by atoms with Crippen LogP contribution in [-0.4, -0.2) is 27.8 Å². The Kier molecular flexibility index (Phi) is 3.57. The number of carbonyl (C=O) groups excluding carboxylic acids is 2. The van der Waals surface area contributed by atoms with E-state index in [2.05, 4.69) is 0 Å². The number of halogens is 1. The Morgan fingerprint density at radius 1 is 1.27 bits per heavy atom. The van der Waals surface area contributed by atoms with E-state index in [0.29, 0.717) is 6.08 Å². The standard InChI is InChI=1S/C13H10FNO7/c1-13(2)21-11(17)7(12(18)22-13)5-6-8(14)3-4-9(10(6)16)15(19)20/h3-5,16H,1-2H3. The van der Waals surface area contributed by atoms with Crippen LogP contribution < -0.4 is 0 Å². The molecule has 0 saturated carbocycles. The maximum atomic E-state index is 13.7. The highest BCUT2D eigenvalue weighted by molar-refractivity contribution is 6.19. The van der Waals surface area contributed by atoms with E-state index in [-0.39, 0.29) is 0 Å². The fraction of sp³-hybridized carbons (Fsp3) is 0.231. The predicted octanol–water partition coefficient (Wildman–Crippen LogP) is 1.66. The summed E-state index contributed by atoms with van der Waals surface area (Å²) >= 11 is 0. The van der Waals surface area contributed by atoms with Gasteiger partial charge in [0.15, 0.2) is 0 Å². The zero-order valence-electron chi connectivity index (χ0n) is 11.5. The molecule has 0 aliphatic carbocycles. The smallest absolute Gasteiger partial charge is 0.348 e. The third-order valence-electron chi connectivity index (χ3n) is 2.74. The Hall–Kier alpha value is -2.97. The molecule has 116 valence electrons. The van der Waals surface area contributed by atoms with Gasteiger partial charge in [0.25, 0.3) is 5.79 Å². The Bertz CT molecular complexity index is 701. The third-order valence-corrected chi connectivity index (χ3v) is 2.74. The highest BCUT2D eigenvalue weighted by atomic mass is 19.1. The van der Waals surface area contributed by atoms with Crippen LogP contribution in [0, 0.1) is 15.9 Å². The fourth-order valence-electron chi connectivity index (χ4n) is 1.78. The van der Waals surface area contributed by atoms with Crippen LogP contribution in [0.3, 0.4) is 0 Å². The second kappa shape index (κ2) is 5.10. The van der Waals surface area contributed by atoms with Gasteiger partial charge in [-0.25, -0.2) is 14.0 Å². The first kappa shape index (κ1) is 15.4.